The summed E-state index contributed by atoms with van der Waals surface area (Å²) in [5.74, 6) is 1.72. The molecule has 2 aliphatic rings. The van der Waals surface area contributed by atoms with Crippen molar-refractivity contribution >= 4 is 22.2 Å². The van der Waals surface area contributed by atoms with Crippen LogP contribution in [0.4, 0.5) is 5.13 Å². The van der Waals surface area contributed by atoms with Gasteiger partial charge in [0.2, 0.25) is 5.13 Å². The van der Waals surface area contributed by atoms with Gasteiger partial charge >= 0.3 is 0 Å². The number of fused-ring (bicyclic) bond motifs is 1. The normalized spacial score (nSPS) is 15.3. The predicted octanol–water partition coefficient (Wildman–Crippen LogP) is 6.96. The molecule has 0 bridgehead atoms. The molecule has 0 spiro atoms. The zero-order chi connectivity index (χ0) is 23.6. The van der Waals surface area contributed by atoms with Crippen molar-refractivity contribution in [1.82, 2.24) is 9.88 Å². The zero-order valence-electron chi connectivity index (χ0n) is 19.6. The Hall–Kier alpha value is -3.90. The number of para-hydroxylation sites is 1. The highest BCUT2D eigenvalue weighted by atomic mass is 32.1. The van der Waals surface area contributed by atoms with E-state index in [4.69, 9.17) is 14.8 Å². The number of hydrogen-bond acceptors (Lipinski definition) is 6. The Morgan fingerprint density at radius 2 is 1.69 bits per heavy atom. The van der Waals surface area contributed by atoms with Crippen molar-refractivity contribution in [2.24, 2.45) is 5.10 Å². The number of rotatable bonds is 6. The lowest BCUT2D eigenvalue weighted by molar-refractivity contribution is 0.337. The minimum Gasteiger partial charge on any atom is -0.457 e. The van der Waals surface area contributed by atoms with Crippen molar-refractivity contribution in [3.05, 3.63) is 107 Å². The average Bonchev–Trinajstić information content (AvgIpc) is 3.55. The summed E-state index contributed by atoms with van der Waals surface area (Å²) >= 11 is 1.65. The summed E-state index contributed by atoms with van der Waals surface area (Å²) in [6.45, 7) is 4.80. The van der Waals surface area contributed by atoms with Crippen molar-refractivity contribution in [3.8, 4) is 22.8 Å². The van der Waals surface area contributed by atoms with E-state index in [1.807, 2.05) is 54.6 Å². The van der Waals surface area contributed by atoms with Crippen molar-refractivity contribution < 1.29 is 4.74 Å². The lowest BCUT2D eigenvalue weighted by Crippen LogP contribution is -2.31. The summed E-state index contributed by atoms with van der Waals surface area (Å²) in [5, 5.41) is 10.1. The number of hydrogen-bond donors (Lipinski definition) is 0. The van der Waals surface area contributed by atoms with Crippen LogP contribution in [0.3, 0.4) is 0 Å². The molecule has 0 saturated heterocycles. The maximum atomic E-state index is 6.04. The van der Waals surface area contributed by atoms with Gasteiger partial charge in [-0.1, -0.05) is 60.7 Å². The smallest absolute Gasteiger partial charge is 0.206 e. The Morgan fingerprint density at radius 3 is 2.51 bits per heavy atom. The molecule has 3 aromatic carbocycles. The fraction of sp³-hybridized carbons (Fsp3) is 0.172. The number of anilines is 1. The number of allylic oxidation sites excluding steroid dienone is 1. The van der Waals surface area contributed by atoms with Crippen LogP contribution >= 0.6 is 11.3 Å². The Balaban J connectivity index is 1.17. The topological polar surface area (TPSA) is 41.0 Å². The molecule has 1 aromatic heterocycles. The number of ether oxygens (including phenoxy) is 1. The highest BCUT2D eigenvalue weighted by Crippen LogP contribution is 2.34. The second-order valence-electron chi connectivity index (χ2n) is 8.78. The molecule has 0 N–H and O–H groups in total. The first-order valence-electron chi connectivity index (χ1n) is 11.9. The fourth-order valence-electron chi connectivity index (χ4n) is 4.59. The first kappa shape index (κ1) is 21.6. The second kappa shape index (κ2) is 9.39. The van der Waals surface area contributed by atoms with Gasteiger partial charge in [-0.05, 0) is 36.8 Å². The molecule has 0 fully saturated rings. The van der Waals surface area contributed by atoms with E-state index in [2.05, 4.69) is 52.5 Å². The van der Waals surface area contributed by atoms with Crippen LogP contribution in [0, 0.1) is 0 Å². The molecule has 6 heteroatoms. The van der Waals surface area contributed by atoms with Gasteiger partial charge in [0.05, 0.1) is 18.0 Å². The van der Waals surface area contributed by atoms with Crippen LogP contribution in [0.25, 0.3) is 11.3 Å². The maximum Gasteiger partial charge on any atom is 0.206 e. The molecule has 3 heterocycles. The minimum absolute atomic E-state index is 0.774. The van der Waals surface area contributed by atoms with Crippen molar-refractivity contribution in [2.45, 2.75) is 19.9 Å². The van der Waals surface area contributed by atoms with E-state index < -0.39 is 0 Å². The van der Waals surface area contributed by atoms with Crippen LogP contribution in [0.5, 0.6) is 11.5 Å². The van der Waals surface area contributed by atoms with Gasteiger partial charge in [-0.2, -0.15) is 5.10 Å². The van der Waals surface area contributed by atoms with Gasteiger partial charge in [0.1, 0.15) is 11.5 Å². The van der Waals surface area contributed by atoms with Crippen LogP contribution < -0.4 is 9.75 Å². The third kappa shape index (κ3) is 4.57. The molecule has 2 aliphatic heterocycles. The molecule has 4 aromatic rings. The third-order valence-electron chi connectivity index (χ3n) is 6.46. The molecule has 0 radical (unpaired) electrons. The molecule has 0 aliphatic carbocycles. The molecule has 174 valence electrons. The molecule has 0 saturated carbocycles. The summed E-state index contributed by atoms with van der Waals surface area (Å²) < 4.78 is 6.04. The van der Waals surface area contributed by atoms with Crippen molar-refractivity contribution in [1.29, 1.82) is 0 Å². The first-order chi connectivity index (χ1) is 17.2. The molecule has 6 rings (SSSR count). The van der Waals surface area contributed by atoms with Gasteiger partial charge in [0.25, 0.3) is 0 Å². The van der Waals surface area contributed by atoms with E-state index in [0.29, 0.717) is 0 Å². The summed E-state index contributed by atoms with van der Waals surface area (Å²) in [7, 11) is 0. The SMILES string of the molecule is CC1=C2CN(c3nc(-c4ccccc4)cs3)N=C2CCN1Cc1cccc(Oc2ccccc2)c1. The quantitative estimate of drug-likeness (QED) is 0.300. The molecular formula is C29H26N4OS. The number of thiazole rings is 1. The van der Waals surface area contributed by atoms with E-state index in [0.717, 1.165) is 53.9 Å². The molecule has 0 atom stereocenters. The van der Waals surface area contributed by atoms with Crippen LogP contribution in [-0.4, -0.2) is 28.7 Å². The Bertz CT molecular complexity index is 1390. The molecule has 0 unspecified atom stereocenters. The number of hydrazone groups is 1. The maximum absolute atomic E-state index is 6.04. The largest absolute Gasteiger partial charge is 0.457 e. The molecule has 5 nitrogen and oxygen atoms in total. The summed E-state index contributed by atoms with van der Waals surface area (Å²) in [4.78, 5) is 7.32. The van der Waals surface area contributed by atoms with E-state index >= 15 is 0 Å². The Kier molecular flexibility index (Phi) is 5.80. The number of benzene rings is 3. The highest BCUT2D eigenvalue weighted by Gasteiger charge is 2.30. The molecule has 0 amide bonds. The van der Waals surface area contributed by atoms with Crippen LogP contribution in [0.15, 0.2) is 107 Å². The summed E-state index contributed by atoms with van der Waals surface area (Å²) in [6.07, 6.45) is 0.945. The van der Waals surface area contributed by atoms with E-state index in [-0.39, 0.29) is 0 Å². The van der Waals surface area contributed by atoms with Gasteiger partial charge in [-0.25, -0.2) is 9.99 Å². The minimum atomic E-state index is 0.774. The summed E-state index contributed by atoms with van der Waals surface area (Å²) in [5.41, 5.74) is 7.19. The van der Waals surface area contributed by atoms with E-state index in [9.17, 15) is 0 Å². The predicted molar refractivity (Wildman–Crippen MR) is 143 cm³/mol. The number of nitrogens with zero attached hydrogens (tertiary/aromatic N) is 4. The molecular weight excluding hydrogens is 452 g/mol. The van der Waals surface area contributed by atoms with Crippen LogP contribution in [0.1, 0.15) is 18.9 Å². The van der Waals surface area contributed by atoms with Crippen LogP contribution in [0.2, 0.25) is 0 Å². The zero-order valence-corrected chi connectivity index (χ0v) is 20.4. The second-order valence-corrected chi connectivity index (χ2v) is 9.62. The highest BCUT2D eigenvalue weighted by molar-refractivity contribution is 7.14. The van der Waals surface area contributed by atoms with Gasteiger partial charge in [0.15, 0.2) is 0 Å². The van der Waals surface area contributed by atoms with Gasteiger partial charge < -0.3 is 9.64 Å². The van der Waals surface area contributed by atoms with Crippen molar-refractivity contribution in [2.75, 3.05) is 18.1 Å². The number of aromatic nitrogens is 1. The van der Waals surface area contributed by atoms with E-state index in [1.54, 1.807) is 11.3 Å². The fourth-order valence-corrected chi connectivity index (χ4v) is 5.37. The third-order valence-corrected chi connectivity index (χ3v) is 7.31. The van der Waals surface area contributed by atoms with Gasteiger partial charge in [-0.15, -0.1) is 11.3 Å². The Morgan fingerprint density at radius 1 is 0.914 bits per heavy atom. The first-order valence-corrected chi connectivity index (χ1v) is 12.7. The van der Waals surface area contributed by atoms with Gasteiger partial charge in [-0.3, -0.25) is 0 Å². The monoisotopic (exact) mass is 478 g/mol. The lowest BCUT2D eigenvalue weighted by Gasteiger charge is -2.31. The van der Waals surface area contributed by atoms with Crippen molar-refractivity contribution in [3.63, 3.8) is 0 Å². The standard InChI is InChI=1S/C29H26N4OS/c1-21-26-19-33(29-30-28(20-35-29)23-10-4-2-5-11-23)31-27(26)15-16-32(21)18-22-9-8-14-25(17-22)34-24-12-6-3-7-13-24/h2-14,17,20H,15-16,18-19H2,1H3. The average molecular weight is 479 g/mol. The lowest BCUT2D eigenvalue weighted by atomic mass is 10.0. The van der Waals surface area contributed by atoms with E-state index in [1.165, 1.54) is 22.5 Å². The summed E-state index contributed by atoms with van der Waals surface area (Å²) in [6, 6.07) is 28.6. The van der Waals surface area contributed by atoms with Gasteiger partial charge in [0, 0.05) is 41.7 Å². The molecule has 35 heavy (non-hydrogen) atoms. The Labute approximate surface area is 209 Å². The van der Waals surface area contributed by atoms with Crippen LogP contribution in [-0.2, 0) is 6.54 Å².